The van der Waals surface area contributed by atoms with Crippen LogP contribution in [0.4, 0.5) is 0 Å². The van der Waals surface area contributed by atoms with Crippen molar-refractivity contribution in [1.82, 2.24) is 0 Å². The number of carboxylic acid groups (broad SMARTS) is 1. The fraction of sp³-hybridized carbons (Fsp3) is 0.235. The molecule has 0 aliphatic rings. The Morgan fingerprint density at radius 2 is 1.81 bits per heavy atom. The first-order chi connectivity index (χ1) is 11.9. The molecule has 140 valence electrons. The van der Waals surface area contributed by atoms with Gasteiger partial charge in [0.2, 0.25) is 0 Å². The van der Waals surface area contributed by atoms with Crippen LogP contribution in [0, 0.1) is 0 Å². The van der Waals surface area contributed by atoms with Gasteiger partial charge in [-0.05, 0) is 44.2 Å². The van der Waals surface area contributed by atoms with E-state index in [4.69, 9.17) is 27.9 Å². The van der Waals surface area contributed by atoms with Crippen molar-refractivity contribution in [2.45, 2.75) is 34.1 Å². The summed E-state index contributed by atoms with van der Waals surface area (Å²) in [5.41, 5.74) is -1.46. The lowest BCUT2D eigenvalue weighted by atomic mass is 10.1. The Morgan fingerprint density at radius 1 is 1.15 bits per heavy atom. The van der Waals surface area contributed by atoms with Crippen LogP contribution in [0.3, 0.4) is 0 Å². The molecule has 0 aliphatic carbocycles. The molecule has 0 atom stereocenters. The molecule has 0 fully saturated rings. The molecule has 0 aromatic heterocycles. The molecule has 0 heterocycles. The number of aliphatic carboxylic acids is 1. The van der Waals surface area contributed by atoms with Crippen molar-refractivity contribution in [2.24, 2.45) is 0 Å². The van der Waals surface area contributed by atoms with Crippen molar-refractivity contribution in [3.8, 4) is 5.75 Å². The molecule has 0 radical (unpaired) electrons. The van der Waals surface area contributed by atoms with Crippen molar-refractivity contribution in [2.75, 3.05) is 6.26 Å². The lowest BCUT2D eigenvalue weighted by Gasteiger charge is -2.23. The zero-order valence-electron chi connectivity index (χ0n) is 14.1. The van der Waals surface area contributed by atoms with Crippen molar-refractivity contribution in [3.63, 3.8) is 0 Å². The fourth-order valence-corrected chi connectivity index (χ4v) is 4.64. The normalized spacial score (nSPS) is 12.0. The van der Waals surface area contributed by atoms with E-state index in [9.17, 15) is 18.3 Å². The van der Waals surface area contributed by atoms with Crippen molar-refractivity contribution >= 4 is 50.8 Å². The van der Waals surface area contributed by atoms with Gasteiger partial charge in [0.15, 0.2) is 15.4 Å². The average Bonchev–Trinajstić information content (AvgIpc) is 2.50. The fourth-order valence-electron chi connectivity index (χ4n) is 1.94. The molecule has 0 unspecified atom stereocenters. The Hall–Kier alpha value is -1.41. The molecule has 0 saturated carbocycles. The summed E-state index contributed by atoms with van der Waals surface area (Å²) in [6.07, 6.45) is 1.08. The summed E-state index contributed by atoms with van der Waals surface area (Å²) in [7, 11) is -3.49. The maximum Gasteiger partial charge on any atom is 0.347 e. The van der Waals surface area contributed by atoms with E-state index in [1.54, 1.807) is 30.3 Å². The van der Waals surface area contributed by atoms with E-state index in [-0.39, 0.29) is 9.92 Å². The van der Waals surface area contributed by atoms with Gasteiger partial charge in [-0.25, -0.2) is 13.2 Å². The van der Waals surface area contributed by atoms with Gasteiger partial charge in [0, 0.05) is 16.2 Å². The minimum atomic E-state index is -3.49. The smallest absolute Gasteiger partial charge is 0.347 e. The van der Waals surface area contributed by atoms with Gasteiger partial charge in [-0.3, -0.25) is 0 Å². The molecule has 0 bridgehead atoms. The third-order valence-electron chi connectivity index (χ3n) is 3.33. The number of carbonyl (C=O) groups is 1. The van der Waals surface area contributed by atoms with E-state index in [0.717, 1.165) is 18.0 Å². The van der Waals surface area contributed by atoms with Gasteiger partial charge in [-0.2, -0.15) is 0 Å². The standard InChI is InChI=1S/C17H16Cl2O5S2/c1-17(2,16(20)21)24-11-8-7-10(18)9-13(11)25-12-5-4-6-14(15(12)19)26(3,22)23/h4-9H,1-3H3,(H,20,21). The number of rotatable bonds is 6. The van der Waals surface area contributed by atoms with Crippen LogP contribution in [0.1, 0.15) is 13.8 Å². The van der Waals surface area contributed by atoms with Gasteiger partial charge < -0.3 is 9.84 Å². The summed E-state index contributed by atoms with van der Waals surface area (Å²) >= 11 is 13.4. The summed E-state index contributed by atoms with van der Waals surface area (Å²) in [4.78, 5) is 12.3. The van der Waals surface area contributed by atoms with Crippen LogP contribution in [-0.2, 0) is 14.6 Å². The maximum absolute atomic E-state index is 11.8. The first kappa shape index (κ1) is 20.9. The van der Waals surface area contributed by atoms with Crippen molar-refractivity contribution in [3.05, 3.63) is 46.4 Å². The zero-order valence-corrected chi connectivity index (χ0v) is 17.3. The average molecular weight is 435 g/mol. The van der Waals surface area contributed by atoms with Crippen molar-refractivity contribution < 1.29 is 23.1 Å². The number of carboxylic acids is 1. The van der Waals surface area contributed by atoms with Gasteiger partial charge >= 0.3 is 5.97 Å². The van der Waals surface area contributed by atoms with Crippen LogP contribution in [-0.4, -0.2) is 31.4 Å². The molecule has 5 nitrogen and oxygen atoms in total. The summed E-state index contributed by atoms with van der Waals surface area (Å²) in [5.74, 6) is -0.826. The molecule has 0 saturated heterocycles. The van der Waals surface area contributed by atoms with Gasteiger partial charge in [0.1, 0.15) is 5.75 Å². The van der Waals surface area contributed by atoms with Gasteiger partial charge in [0.05, 0.1) is 14.8 Å². The van der Waals surface area contributed by atoms with E-state index in [1.807, 2.05) is 0 Å². The second kappa shape index (κ2) is 7.68. The van der Waals surface area contributed by atoms with Crippen LogP contribution in [0.25, 0.3) is 0 Å². The summed E-state index contributed by atoms with van der Waals surface area (Å²) in [6.45, 7) is 2.85. The van der Waals surface area contributed by atoms with Crippen LogP contribution < -0.4 is 4.74 Å². The molecule has 26 heavy (non-hydrogen) atoms. The summed E-state index contributed by atoms with van der Waals surface area (Å²) in [5, 5.41) is 9.77. The number of hydrogen-bond donors (Lipinski definition) is 1. The highest BCUT2D eigenvalue weighted by Crippen LogP contribution is 2.42. The van der Waals surface area contributed by atoms with E-state index in [0.29, 0.717) is 20.6 Å². The van der Waals surface area contributed by atoms with Crippen LogP contribution in [0.5, 0.6) is 5.75 Å². The third-order valence-corrected chi connectivity index (χ3v) is 6.44. The maximum atomic E-state index is 11.8. The second-order valence-electron chi connectivity index (χ2n) is 5.95. The topological polar surface area (TPSA) is 80.7 Å². The largest absolute Gasteiger partial charge is 0.478 e. The highest BCUT2D eigenvalue weighted by Gasteiger charge is 2.30. The van der Waals surface area contributed by atoms with Crippen LogP contribution >= 0.6 is 35.0 Å². The minimum absolute atomic E-state index is 0.0135. The Morgan fingerprint density at radius 3 is 2.38 bits per heavy atom. The second-order valence-corrected chi connectivity index (χ2v) is 9.83. The highest BCUT2D eigenvalue weighted by atomic mass is 35.5. The highest BCUT2D eigenvalue weighted by molar-refractivity contribution is 7.99. The van der Waals surface area contributed by atoms with Crippen LogP contribution in [0.2, 0.25) is 10.0 Å². The summed E-state index contributed by atoms with van der Waals surface area (Å²) in [6, 6.07) is 9.40. The molecule has 2 aromatic rings. The van der Waals surface area contributed by atoms with Gasteiger partial charge in [-0.1, -0.05) is 41.0 Å². The predicted octanol–water partition coefficient (Wildman–Crippen LogP) is 4.79. The minimum Gasteiger partial charge on any atom is -0.478 e. The zero-order chi connectivity index (χ0) is 19.7. The van der Waals surface area contributed by atoms with E-state index in [1.165, 1.54) is 19.9 Å². The molecule has 1 N–H and O–H groups in total. The first-order valence-corrected chi connectivity index (χ1v) is 10.8. The summed E-state index contributed by atoms with van der Waals surface area (Å²) < 4.78 is 29.3. The predicted molar refractivity (Wildman–Crippen MR) is 102 cm³/mol. The molecule has 9 heteroatoms. The molecular formula is C17H16Cl2O5S2. The number of hydrogen-bond acceptors (Lipinski definition) is 5. The third kappa shape index (κ3) is 4.85. The Balaban J connectivity index is 2.48. The Kier molecular flexibility index (Phi) is 6.17. The van der Waals surface area contributed by atoms with Crippen LogP contribution in [0.15, 0.2) is 51.1 Å². The van der Waals surface area contributed by atoms with Gasteiger partial charge in [-0.15, -0.1) is 0 Å². The van der Waals surface area contributed by atoms with Crippen molar-refractivity contribution in [1.29, 1.82) is 0 Å². The molecule has 0 amide bonds. The Labute approximate surface area is 166 Å². The van der Waals surface area contributed by atoms with E-state index >= 15 is 0 Å². The number of halogens is 2. The molecule has 0 aliphatic heterocycles. The van der Waals surface area contributed by atoms with E-state index < -0.39 is 21.4 Å². The Bertz CT molecular complexity index is 956. The lowest BCUT2D eigenvalue weighted by molar-refractivity contribution is -0.152. The first-order valence-electron chi connectivity index (χ1n) is 7.30. The number of sulfone groups is 1. The molecular weight excluding hydrogens is 419 g/mol. The number of ether oxygens (including phenoxy) is 1. The molecule has 2 aromatic carbocycles. The quantitative estimate of drug-likeness (QED) is 0.703. The van der Waals surface area contributed by atoms with Gasteiger partial charge in [0.25, 0.3) is 0 Å². The monoisotopic (exact) mass is 434 g/mol. The molecule has 2 rings (SSSR count). The van der Waals surface area contributed by atoms with E-state index in [2.05, 4.69) is 0 Å². The lowest BCUT2D eigenvalue weighted by Crippen LogP contribution is -2.38. The number of benzene rings is 2. The molecule has 0 spiro atoms. The SMILES string of the molecule is CC(C)(Oc1ccc(Cl)cc1Sc1cccc(S(C)(=O)=O)c1Cl)C(=O)O.